The van der Waals surface area contributed by atoms with Crippen molar-refractivity contribution in [2.45, 2.75) is 0 Å². The topological polar surface area (TPSA) is 115 Å². The fourth-order valence-corrected chi connectivity index (χ4v) is 0. The molecule has 0 aromatic carbocycles. The summed E-state index contributed by atoms with van der Waals surface area (Å²) in [6.45, 7) is 5.22. The second-order valence-corrected chi connectivity index (χ2v) is 0.834. The molecule has 0 unspecified atom stereocenters. The summed E-state index contributed by atoms with van der Waals surface area (Å²) in [5.74, 6) is -1.19. The van der Waals surface area contributed by atoms with Crippen molar-refractivity contribution < 1.29 is 30.0 Å². The summed E-state index contributed by atoms with van der Waals surface area (Å²) in [6, 6.07) is 0. The Kier molecular flexibility index (Phi) is 42.1. The van der Waals surface area contributed by atoms with Crippen molar-refractivity contribution in [2.75, 3.05) is 6.61 Å². The summed E-state index contributed by atoms with van der Waals surface area (Å²) in [7, 11) is 0. The van der Waals surface area contributed by atoms with Crippen LogP contribution in [-0.4, -0.2) is 58.0 Å². The number of aliphatic hydroxyl groups excluding tert-OH is 1. The Morgan fingerprint density at radius 1 is 1.08 bits per heavy atom. The van der Waals surface area contributed by atoms with Gasteiger partial charge in [0, 0.05) is 0 Å². The van der Waals surface area contributed by atoms with Gasteiger partial charge >= 0.3 is 31.0 Å². The van der Waals surface area contributed by atoms with Gasteiger partial charge in [0.15, 0.2) is 0 Å². The van der Waals surface area contributed by atoms with Gasteiger partial charge in [0.1, 0.15) is 6.61 Å². The van der Waals surface area contributed by atoms with Crippen LogP contribution in [0.2, 0.25) is 0 Å². The Balaban J connectivity index is -0.0000000419. The quantitative estimate of drug-likeness (QED) is 0.313. The first kappa shape index (κ1) is 22.5. The Labute approximate surface area is 81.3 Å². The predicted octanol–water partition coefficient (Wildman–Crippen LogP) is -0.561. The molecule has 0 aromatic heterocycles. The SMILES string of the molecule is C=C.O=C(O)CO.O=C(O)O.[LiH]. The van der Waals surface area contributed by atoms with E-state index in [1.54, 1.807) is 0 Å². The van der Waals surface area contributed by atoms with Crippen LogP contribution in [-0.2, 0) is 4.79 Å². The molecule has 4 N–H and O–H groups in total. The monoisotopic (exact) mass is 174 g/mol. The van der Waals surface area contributed by atoms with Crippen molar-refractivity contribution in [3.05, 3.63) is 13.2 Å². The number of carbonyl (C=O) groups is 2. The molecule has 6 nitrogen and oxygen atoms in total. The standard InChI is InChI=1S/C2H4O3.C2H4.CH2O3.Li.H/c3-1-2(4)5;1-2;2-1(3)4;;/h3H,1H2,(H,4,5);1-2H2;(H2,2,3,4);;. The molecule has 0 saturated carbocycles. The Morgan fingerprint density at radius 2 is 1.17 bits per heavy atom. The first-order chi connectivity index (χ1) is 5.00. The Bertz CT molecular complexity index is 111. The summed E-state index contributed by atoms with van der Waals surface area (Å²) >= 11 is 0. The molecular formula is C5H11LiO6. The number of aliphatic carboxylic acids is 1. The first-order valence-corrected chi connectivity index (χ1v) is 2.25. The summed E-state index contributed by atoms with van der Waals surface area (Å²) in [4.78, 5) is 17.7. The summed E-state index contributed by atoms with van der Waals surface area (Å²) in [5.41, 5.74) is 0. The van der Waals surface area contributed by atoms with Gasteiger partial charge in [-0.3, -0.25) is 0 Å². The number of carboxylic acids is 1. The van der Waals surface area contributed by atoms with Crippen LogP contribution in [0.3, 0.4) is 0 Å². The minimum absolute atomic E-state index is 0. The van der Waals surface area contributed by atoms with E-state index < -0.39 is 18.7 Å². The number of carboxylic acid groups (broad SMARTS) is 3. The maximum atomic E-state index is 9.12. The maximum absolute atomic E-state index is 9.12. The molecule has 0 fully saturated rings. The van der Waals surface area contributed by atoms with Crippen molar-refractivity contribution in [3.8, 4) is 0 Å². The third-order valence-corrected chi connectivity index (χ3v) is 0.135. The predicted molar refractivity (Wildman–Crippen MR) is 43.8 cm³/mol. The normalized spacial score (nSPS) is 5.42. The zero-order valence-electron chi connectivity index (χ0n) is 5.73. The van der Waals surface area contributed by atoms with E-state index in [0.717, 1.165) is 0 Å². The van der Waals surface area contributed by atoms with E-state index in [-0.39, 0.29) is 18.9 Å². The zero-order valence-corrected chi connectivity index (χ0v) is 5.73. The van der Waals surface area contributed by atoms with Crippen LogP contribution >= 0.6 is 0 Å². The first-order valence-electron chi connectivity index (χ1n) is 2.25. The second-order valence-electron chi connectivity index (χ2n) is 0.834. The molecule has 0 aliphatic carbocycles. The molecule has 0 atom stereocenters. The van der Waals surface area contributed by atoms with E-state index in [1.807, 2.05) is 0 Å². The number of aliphatic hydroxyl groups is 1. The minimum atomic E-state index is -1.83. The van der Waals surface area contributed by atoms with Gasteiger partial charge in [-0.05, 0) is 0 Å². The van der Waals surface area contributed by atoms with Crippen LogP contribution in [0.1, 0.15) is 0 Å². The molecule has 0 amide bonds. The van der Waals surface area contributed by atoms with E-state index in [1.165, 1.54) is 0 Å². The van der Waals surface area contributed by atoms with Gasteiger partial charge in [0.25, 0.3) is 0 Å². The Hall–Kier alpha value is -0.963. The molecule has 0 aliphatic heterocycles. The van der Waals surface area contributed by atoms with Crippen LogP contribution < -0.4 is 0 Å². The molecular weight excluding hydrogens is 163 g/mol. The third kappa shape index (κ3) is 542. The van der Waals surface area contributed by atoms with Crippen molar-refractivity contribution >= 4 is 31.0 Å². The molecule has 0 bridgehead atoms. The third-order valence-electron chi connectivity index (χ3n) is 0.135. The number of hydrogen-bond acceptors (Lipinski definition) is 3. The van der Waals surface area contributed by atoms with Crippen molar-refractivity contribution in [1.29, 1.82) is 0 Å². The van der Waals surface area contributed by atoms with E-state index in [0.29, 0.717) is 0 Å². The zero-order chi connectivity index (χ0) is 9.86. The van der Waals surface area contributed by atoms with Crippen LogP contribution in [0.4, 0.5) is 4.79 Å². The van der Waals surface area contributed by atoms with E-state index in [2.05, 4.69) is 13.2 Å². The van der Waals surface area contributed by atoms with E-state index in [9.17, 15) is 0 Å². The molecule has 68 valence electrons. The molecule has 0 rings (SSSR count). The van der Waals surface area contributed by atoms with E-state index >= 15 is 0 Å². The van der Waals surface area contributed by atoms with E-state index in [4.69, 9.17) is 30.0 Å². The van der Waals surface area contributed by atoms with Crippen molar-refractivity contribution in [3.63, 3.8) is 0 Å². The van der Waals surface area contributed by atoms with Crippen LogP contribution in [0.5, 0.6) is 0 Å². The molecule has 0 heterocycles. The van der Waals surface area contributed by atoms with Gasteiger partial charge in [-0.1, -0.05) is 0 Å². The molecule has 0 saturated heterocycles. The molecule has 7 heteroatoms. The number of rotatable bonds is 1. The van der Waals surface area contributed by atoms with Gasteiger partial charge in [0.05, 0.1) is 0 Å². The fourth-order valence-electron chi connectivity index (χ4n) is 0. The second kappa shape index (κ2) is 22.5. The van der Waals surface area contributed by atoms with Gasteiger partial charge in [0.2, 0.25) is 0 Å². The molecule has 0 aromatic rings. The molecule has 0 aliphatic rings. The van der Waals surface area contributed by atoms with Gasteiger partial charge < -0.3 is 20.4 Å². The molecule has 0 radical (unpaired) electrons. The van der Waals surface area contributed by atoms with Gasteiger partial charge in [-0.2, -0.15) is 0 Å². The van der Waals surface area contributed by atoms with Gasteiger partial charge in [-0.25, -0.2) is 9.59 Å². The Morgan fingerprint density at radius 3 is 1.17 bits per heavy atom. The van der Waals surface area contributed by atoms with Crippen molar-refractivity contribution in [1.82, 2.24) is 0 Å². The van der Waals surface area contributed by atoms with Crippen LogP contribution in [0.15, 0.2) is 13.2 Å². The number of hydrogen-bond donors (Lipinski definition) is 4. The fraction of sp³-hybridized carbons (Fsp3) is 0.200. The average molecular weight is 174 g/mol. The van der Waals surface area contributed by atoms with Crippen LogP contribution in [0.25, 0.3) is 0 Å². The van der Waals surface area contributed by atoms with Crippen LogP contribution in [0, 0.1) is 0 Å². The van der Waals surface area contributed by atoms with Gasteiger partial charge in [-0.15, -0.1) is 13.2 Å². The molecule has 0 spiro atoms. The average Bonchev–Trinajstić information content (AvgIpc) is 1.91. The molecule has 12 heavy (non-hydrogen) atoms. The summed E-state index contributed by atoms with van der Waals surface area (Å²) in [6.07, 6.45) is -1.83. The summed E-state index contributed by atoms with van der Waals surface area (Å²) in [5, 5.41) is 29.0. The van der Waals surface area contributed by atoms with Crippen molar-refractivity contribution in [2.24, 2.45) is 0 Å². The summed E-state index contributed by atoms with van der Waals surface area (Å²) < 4.78 is 0.